The average molecular weight is 253 g/mol. The summed E-state index contributed by atoms with van der Waals surface area (Å²) in [7, 11) is 1.65. The van der Waals surface area contributed by atoms with Gasteiger partial charge < -0.3 is 4.74 Å². The van der Waals surface area contributed by atoms with Gasteiger partial charge in [0, 0.05) is 23.9 Å². The summed E-state index contributed by atoms with van der Waals surface area (Å²) in [5.74, 6) is 1.11. The molecule has 1 aliphatic carbocycles. The number of Topliss-reactive ketones (excluding diaryl/α,β-unsaturated/α-hetero) is 1. The van der Waals surface area contributed by atoms with Crippen LogP contribution < -0.4 is 4.74 Å². The van der Waals surface area contributed by atoms with Crippen LogP contribution in [0.5, 0.6) is 5.75 Å². The first-order valence-electron chi connectivity index (χ1n) is 6.38. The predicted octanol–water partition coefficient (Wildman–Crippen LogP) is 2.69. The fourth-order valence-electron chi connectivity index (χ4n) is 2.65. The zero-order valence-corrected chi connectivity index (χ0v) is 10.8. The van der Waals surface area contributed by atoms with Crippen LogP contribution in [0, 0.1) is 5.92 Å². The van der Waals surface area contributed by atoms with E-state index in [9.17, 15) is 4.79 Å². The first-order valence-corrected chi connectivity index (χ1v) is 6.38. The van der Waals surface area contributed by atoms with Crippen LogP contribution in [0.2, 0.25) is 0 Å². The number of hydrogen-bond acceptors (Lipinski definition) is 3. The maximum atomic E-state index is 12.3. The van der Waals surface area contributed by atoms with E-state index in [4.69, 9.17) is 4.74 Å². The van der Waals surface area contributed by atoms with Crippen molar-refractivity contribution in [1.82, 2.24) is 4.98 Å². The Morgan fingerprint density at radius 1 is 1.26 bits per heavy atom. The number of nitrogens with zero attached hydrogens (tertiary/aromatic N) is 1. The molecule has 0 amide bonds. The van der Waals surface area contributed by atoms with Crippen molar-refractivity contribution in [3.05, 3.63) is 59.4 Å². The lowest BCUT2D eigenvalue weighted by atomic mass is 9.96. The zero-order valence-electron chi connectivity index (χ0n) is 10.8. The first kappa shape index (κ1) is 11.9. The highest BCUT2D eigenvalue weighted by Crippen LogP contribution is 2.31. The summed E-state index contributed by atoms with van der Waals surface area (Å²) in [6.07, 6.45) is 5.11. The summed E-state index contributed by atoms with van der Waals surface area (Å²) < 4.78 is 5.21. The number of methoxy groups -OCH3 is 1. The molecule has 2 aromatic rings. The van der Waals surface area contributed by atoms with Gasteiger partial charge in [-0.05, 0) is 54.3 Å². The number of carbonyl (C=O) groups is 1. The van der Waals surface area contributed by atoms with Crippen LogP contribution in [0.3, 0.4) is 0 Å². The number of hydrogen-bond donors (Lipinski definition) is 0. The summed E-state index contributed by atoms with van der Waals surface area (Å²) in [5.41, 5.74) is 3.11. The molecule has 3 nitrogen and oxygen atoms in total. The van der Waals surface area contributed by atoms with Gasteiger partial charge in [0.1, 0.15) is 5.75 Å². The molecule has 0 bridgehead atoms. The number of benzene rings is 1. The maximum absolute atomic E-state index is 12.3. The molecular formula is C16H15NO2. The number of ether oxygens (including phenoxy) is 1. The van der Waals surface area contributed by atoms with Crippen LogP contribution in [0.25, 0.3) is 0 Å². The summed E-state index contributed by atoms with van der Waals surface area (Å²) in [6, 6.07) is 9.64. The lowest BCUT2D eigenvalue weighted by Crippen LogP contribution is -2.12. The SMILES string of the molecule is COc1ccc2c(c1)CC(Cc1ccncc1)C2=O. The van der Waals surface area contributed by atoms with Crippen LogP contribution in [-0.2, 0) is 12.8 Å². The Kier molecular flexibility index (Phi) is 3.03. The number of aromatic nitrogens is 1. The third-order valence-electron chi connectivity index (χ3n) is 3.65. The Labute approximate surface area is 112 Å². The van der Waals surface area contributed by atoms with Crippen molar-refractivity contribution in [2.24, 2.45) is 5.92 Å². The fraction of sp³-hybridized carbons (Fsp3) is 0.250. The second-order valence-corrected chi connectivity index (χ2v) is 4.85. The summed E-state index contributed by atoms with van der Waals surface area (Å²) in [5, 5.41) is 0. The molecule has 1 atom stereocenters. The van der Waals surface area contributed by atoms with Crippen molar-refractivity contribution in [2.75, 3.05) is 7.11 Å². The lowest BCUT2D eigenvalue weighted by Gasteiger charge is -2.07. The van der Waals surface area contributed by atoms with Gasteiger partial charge in [-0.25, -0.2) is 0 Å². The molecule has 1 unspecified atom stereocenters. The molecule has 1 aromatic heterocycles. The average Bonchev–Trinajstić information content (AvgIpc) is 2.76. The van der Waals surface area contributed by atoms with Crippen molar-refractivity contribution in [1.29, 1.82) is 0 Å². The Balaban J connectivity index is 1.83. The monoisotopic (exact) mass is 253 g/mol. The lowest BCUT2D eigenvalue weighted by molar-refractivity contribution is 0.0936. The molecule has 0 N–H and O–H groups in total. The van der Waals surface area contributed by atoms with E-state index in [1.807, 2.05) is 30.3 Å². The largest absolute Gasteiger partial charge is 0.497 e. The Morgan fingerprint density at radius 3 is 2.79 bits per heavy atom. The number of fused-ring (bicyclic) bond motifs is 1. The third-order valence-corrected chi connectivity index (χ3v) is 3.65. The second kappa shape index (κ2) is 4.84. The molecule has 0 saturated carbocycles. The second-order valence-electron chi connectivity index (χ2n) is 4.85. The van der Waals surface area contributed by atoms with Gasteiger partial charge in [-0.15, -0.1) is 0 Å². The van der Waals surface area contributed by atoms with Crippen molar-refractivity contribution in [2.45, 2.75) is 12.8 Å². The Bertz CT molecular complexity index is 607. The van der Waals surface area contributed by atoms with Gasteiger partial charge in [0.25, 0.3) is 0 Å². The normalized spacial score (nSPS) is 17.3. The van der Waals surface area contributed by atoms with E-state index in [1.54, 1.807) is 19.5 Å². The number of ketones is 1. The first-order chi connectivity index (χ1) is 9.28. The van der Waals surface area contributed by atoms with Gasteiger partial charge >= 0.3 is 0 Å². The van der Waals surface area contributed by atoms with Gasteiger partial charge in [0.15, 0.2) is 5.78 Å². The van der Waals surface area contributed by atoms with E-state index < -0.39 is 0 Å². The molecule has 0 saturated heterocycles. The van der Waals surface area contributed by atoms with Crippen molar-refractivity contribution < 1.29 is 9.53 Å². The summed E-state index contributed by atoms with van der Waals surface area (Å²) in [6.45, 7) is 0. The highest BCUT2D eigenvalue weighted by Gasteiger charge is 2.30. The topological polar surface area (TPSA) is 39.2 Å². The quantitative estimate of drug-likeness (QED) is 0.844. The molecule has 19 heavy (non-hydrogen) atoms. The van der Waals surface area contributed by atoms with Crippen LogP contribution in [0.15, 0.2) is 42.7 Å². The van der Waals surface area contributed by atoms with Crippen molar-refractivity contribution in [3.8, 4) is 5.75 Å². The zero-order chi connectivity index (χ0) is 13.2. The summed E-state index contributed by atoms with van der Waals surface area (Å²) in [4.78, 5) is 16.3. The van der Waals surface area contributed by atoms with Crippen LogP contribution in [0.4, 0.5) is 0 Å². The number of pyridine rings is 1. The molecule has 3 heteroatoms. The van der Waals surface area contributed by atoms with E-state index in [0.717, 1.165) is 35.3 Å². The van der Waals surface area contributed by atoms with Gasteiger partial charge in [-0.1, -0.05) is 0 Å². The predicted molar refractivity (Wildman–Crippen MR) is 72.5 cm³/mol. The molecule has 1 aliphatic rings. The number of carbonyl (C=O) groups excluding carboxylic acids is 1. The molecule has 0 aliphatic heterocycles. The molecule has 0 radical (unpaired) electrons. The minimum absolute atomic E-state index is 0.0458. The molecular weight excluding hydrogens is 238 g/mol. The van der Waals surface area contributed by atoms with Crippen molar-refractivity contribution >= 4 is 5.78 Å². The van der Waals surface area contributed by atoms with Crippen LogP contribution in [0.1, 0.15) is 21.5 Å². The van der Waals surface area contributed by atoms with E-state index >= 15 is 0 Å². The molecule has 0 fully saturated rings. The van der Waals surface area contributed by atoms with Gasteiger partial charge in [0.05, 0.1) is 7.11 Å². The van der Waals surface area contributed by atoms with Gasteiger partial charge in [-0.2, -0.15) is 0 Å². The molecule has 1 aromatic carbocycles. The van der Waals surface area contributed by atoms with E-state index in [2.05, 4.69) is 4.98 Å². The van der Waals surface area contributed by atoms with Gasteiger partial charge in [0.2, 0.25) is 0 Å². The van der Waals surface area contributed by atoms with E-state index in [0.29, 0.717) is 0 Å². The number of rotatable bonds is 3. The smallest absolute Gasteiger partial charge is 0.166 e. The minimum atomic E-state index is 0.0458. The standard InChI is InChI=1S/C16H15NO2/c1-19-14-2-3-15-12(10-14)9-13(16(15)18)8-11-4-6-17-7-5-11/h2-7,10,13H,8-9H2,1H3. The fourth-order valence-corrected chi connectivity index (χ4v) is 2.65. The Hall–Kier alpha value is -2.16. The van der Waals surface area contributed by atoms with Gasteiger partial charge in [-0.3, -0.25) is 9.78 Å². The molecule has 3 rings (SSSR count). The minimum Gasteiger partial charge on any atom is -0.497 e. The maximum Gasteiger partial charge on any atom is 0.166 e. The molecule has 96 valence electrons. The van der Waals surface area contributed by atoms with E-state index in [1.165, 1.54) is 0 Å². The van der Waals surface area contributed by atoms with Crippen LogP contribution >= 0.6 is 0 Å². The summed E-state index contributed by atoms with van der Waals surface area (Å²) >= 11 is 0. The van der Waals surface area contributed by atoms with E-state index in [-0.39, 0.29) is 11.7 Å². The third kappa shape index (κ3) is 2.24. The van der Waals surface area contributed by atoms with Crippen molar-refractivity contribution in [3.63, 3.8) is 0 Å². The van der Waals surface area contributed by atoms with Crippen LogP contribution in [-0.4, -0.2) is 17.9 Å². The highest BCUT2D eigenvalue weighted by molar-refractivity contribution is 6.02. The highest BCUT2D eigenvalue weighted by atomic mass is 16.5. The Morgan fingerprint density at radius 2 is 2.05 bits per heavy atom. The molecule has 0 spiro atoms. The molecule has 1 heterocycles.